The summed E-state index contributed by atoms with van der Waals surface area (Å²) in [4.78, 5) is 15.2. The molecule has 0 aromatic heterocycles. The molecule has 172 valence electrons. The standard InChI is InChI=1S/C27H41NO3/c1-17-21-8-9-23-20-7-6-18-15-19(31-25(29)24-5-4-14-30-24)10-12-26(18,2)22(20)11-13-27(21,23)16-28(17)3/h6,17,19-24H,4-5,7-16H2,1-3H3/t17-,19-,20+,21+,22-,23-,24?,26-,27-/m0/s1. The fourth-order valence-corrected chi connectivity index (χ4v) is 9.53. The largest absolute Gasteiger partial charge is 0.460 e. The maximum atomic E-state index is 12.5. The van der Waals surface area contributed by atoms with Crippen LogP contribution in [0.3, 0.4) is 0 Å². The van der Waals surface area contributed by atoms with Crippen LogP contribution in [0.2, 0.25) is 0 Å². The van der Waals surface area contributed by atoms with Gasteiger partial charge in [0.25, 0.3) is 0 Å². The van der Waals surface area contributed by atoms with Crippen molar-refractivity contribution >= 4 is 5.97 Å². The number of likely N-dealkylation sites (tertiary alicyclic amines) is 1. The summed E-state index contributed by atoms with van der Waals surface area (Å²) in [6.45, 7) is 7.07. The first-order chi connectivity index (χ1) is 14.9. The number of hydrogen-bond acceptors (Lipinski definition) is 4. The summed E-state index contributed by atoms with van der Waals surface area (Å²) in [5.41, 5.74) is 2.53. The van der Waals surface area contributed by atoms with Crippen LogP contribution in [0.25, 0.3) is 0 Å². The van der Waals surface area contributed by atoms with Crippen LogP contribution in [0.15, 0.2) is 11.6 Å². The van der Waals surface area contributed by atoms with E-state index in [0.29, 0.717) is 17.4 Å². The SMILES string of the molecule is C[C@H]1[C@H]2CC[C@H]3[C@@H]4CC=C5C[C@@H](OC(=O)C6CCCO6)CC[C@]5(C)[C@H]4CC[C@]23CN1C. The first kappa shape index (κ1) is 20.7. The number of esters is 1. The van der Waals surface area contributed by atoms with Crippen molar-refractivity contribution in [1.29, 1.82) is 0 Å². The molecular weight excluding hydrogens is 386 g/mol. The van der Waals surface area contributed by atoms with Crippen LogP contribution in [0, 0.1) is 34.5 Å². The fraction of sp³-hybridized carbons (Fsp3) is 0.889. The van der Waals surface area contributed by atoms with E-state index in [1.807, 2.05) is 0 Å². The summed E-state index contributed by atoms with van der Waals surface area (Å²) in [7, 11) is 2.36. The lowest BCUT2D eigenvalue weighted by molar-refractivity contribution is -0.162. The van der Waals surface area contributed by atoms with Crippen molar-refractivity contribution in [3.63, 3.8) is 0 Å². The zero-order chi connectivity index (χ0) is 21.4. The summed E-state index contributed by atoms with van der Waals surface area (Å²) >= 11 is 0. The van der Waals surface area contributed by atoms with E-state index in [-0.39, 0.29) is 18.2 Å². The van der Waals surface area contributed by atoms with Crippen molar-refractivity contribution < 1.29 is 14.3 Å². The molecule has 2 saturated heterocycles. The minimum atomic E-state index is -0.310. The fourth-order valence-electron chi connectivity index (χ4n) is 9.53. The highest BCUT2D eigenvalue weighted by molar-refractivity contribution is 5.75. The van der Waals surface area contributed by atoms with Crippen molar-refractivity contribution in [2.24, 2.45) is 34.5 Å². The van der Waals surface area contributed by atoms with Gasteiger partial charge in [0.2, 0.25) is 0 Å². The van der Waals surface area contributed by atoms with Crippen LogP contribution in [0.4, 0.5) is 0 Å². The number of carbonyl (C=O) groups is 1. The molecule has 2 heterocycles. The van der Waals surface area contributed by atoms with Gasteiger partial charge in [-0.3, -0.25) is 0 Å². The van der Waals surface area contributed by atoms with E-state index in [2.05, 4.69) is 31.9 Å². The first-order valence-corrected chi connectivity index (χ1v) is 13.1. The van der Waals surface area contributed by atoms with Crippen LogP contribution in [0.1, 0.15) is 78.1 Å². The maximum absolute atomic E-state index is 12.5. The lowest BCUT2D eigenvalue weighted by Crippen LogP contribution is -2.52. The molecule has 0 N–H and O–H groups in total. The maximum Gasteiger partial charge on any atom is 0.335 e. The van der Waals surface area contributed by atoms with Crippen molar-refractivity contribution in [3.8, 4) is 0 Å². The van der Waals surface area contributed by atoms with E-state index >= 15 is 0 Å². The van der Waals surface area contributed by atoms with Gasteiger partial charge in [0.15, 0.2) is 6.10 Å². The number of fused-ring (bicyclic) bond motifs is 4. The number of hydrogen-bond donors (Lipinski definition) is 0. The summed E-state index contributed by atoms with van der Waals surface area (Å²) in [6, 6.07) is 0.765. The molecule has 6 rings (SSSR count). The zero-order valence-corrected chi connectivity index (χ0v) is 19.8. The topological polar surface area (TPSA) is 38.8 Å². The Kier molecular flexibility index (Phi) is 4.89. The lowest BCUT2D eigenvalue weighted by atomic mass is 9.47. The second-order valence-electron chi connectivity index (χ2n) is 12.2. The van der Waals surface area contributed by atoms with E-state index in [9.17, 15) is 4.79 Å². The van der Waals surface area contributed by atoms with Crippen LogP contribution in [-0.4, -0.2) is 49.3 Å². The predicted molar refractivity (Wildman–Crippen MR) is 120 cm³/mol. The third-order valence-corrected chi connectivity index (χ3v) is 11.1. The summed E-state index contributed by atoms with van der Waals surface area (Å²) in [5, 5.41) is 0. The van der Waals surface area contributed by atoms with Crippen LogP contribution in [0.5, 0.6) is 0 Å². The van der Waals surface area contributed by atoms with Crippen LogP contribution in [-0.2, 0) is 14.3 Å². The van der Waals surface area contributed by atoms with E-state index in [0.717, 1.165) is 55.4 Å². The summed E-state index contributed by atoms with van der Waals surface area (Å²) < 4.78 is 11.5. The van der Waals surface area contributed by atoms with Gasteiger partial charge in [0.05, 0.1) is 0 Å². The van der Waals surface area contributed by atoms with Gasteiger partial charge >= 0.3 is 5.97 Å². The Morgan fingerprint density at radius 1 is 1.13 bits per heavy atom. The molecule has 1 unspecified atom stereocenters. The first-order valence-electron chi connectivity index (χ1n) is 13.1. The van der Waals surface area contributed by atoms with E-state index in [1.54, 1.807) is 5.57 Å². The third-order valence-electron chi connectivity index (χ3n) is 11.1. The Morgan fingerprint density at radius 3 is 2.77 bits per heavy atom. The van der Waals surface area contributed by atoms with Gasteiger partial charge in [0, 0.05) is 25.6 Å². The molecule has 0 aromatic carbocycles. The number of rotatable bonds is 2. The number of carbonyl (C=O) groups excluding carboxylic acids is 1. The third kappa shape index (κ3) is 2.96. The molecule has 3 saturated carbocycles. The molecule has 4 nitrogen and oxygen atoms in total. The van der Waals surface area contributed by atoms with Gasteiger partial charge in [0.1, 0.15) is 6.10 Å². The van der Waals surface area contributed by atoms with Crippen molar-refractivity contribution in [2.75, 3.05) is 20.2 Å². The van der Waals surface area contributed by atoms with E-state index < -0.39 is 0 Å². The Balaban J connectivity index is 1.19. The molecule has 6 aliphatic rings. The number of nitrogens with zero attached hydrogens (tertiary/aromatic N) is 1. The van der Waals surface area contributed by atoms with Gasteiger partial charge < -0.3 is 14.4 Å². The lowest BCUT2D eigenvalue weighted by Gasteiger charge is -2.58. The minimum Gasteiger partial charge on any atom is -0.460 e. The van der Waals surface area contributed by atoms with Gasteiger partial charge in [-0.25, -0.2) is 4.79 Å². The Labute approximate surface area is 188 Å². The van der Waals surface area contributed by atoms with Gasteiger partial charge in [-0.1, -0.05) is 18.6 Å². The Hall–Kier alpha value is -0.870. The number of ether oxygens (including phenoxy) is 2. The molecule has 5 fully saturated rings. The molecule has 0 radical (unpaired) electrons. The highest BCUT2D eigenvalue weighted by Crippen LogP contribution is 2.68. The summed E-state index contributed by atoms with van der Waals surface area (Å²) in [5.74, 6) is 3.44. The highest BCUT2D eigenvalue weighted by atomic mass is 16.6. The van der Waals surface area contributed by atoms with Crippen LogP contribution >= 0.6 is 0 Å². The number of allylic oxidation sites excluding steroid dienone is 1. The molecule has 2 aliphatic heterocycles. The monoisotopic (exact) mass is 427 g/mol. The molecule has 0 bridgehead atoms. The van der Waals surface area contributed by atoms with Crippen molar-refractivity contribution in [3.05, 3.63) is 11.6 Å². The van der Waals surface area contributed by atoms with E-state index in [4.69, 9.17) is 9.47 Å². The second kappa shape index (κ2) is 7.32. The van der Waals surface area contributed by atoms with Crippen molar-refractivity contribution in [2.45, 2.75) is 96.3 Å². The summed E-state index contributed by atoms with van der Waals surface area (Å²) in [6.07, 6.45) is 14.3. The van der Waals surface area contributed by atoms with Crippen LogP contribution < -0.4 is 0 Å². The molecule has 0 amide bonds. The smallest absolute Gasteiger partial charge is 0.335 e. The molecule has 4 aliphatic carbocycles. The predicted octanol–water partition coefficient (Wildman–Crippen LogP) is 4.97. The zero-order valence-electron chi connectivity index (χ0n) is 19.8. The molecule has 31 heavy (non-hydrogen) atoms. The average molecular weight is 428 g/mol. The molecule has 0 aromatic rings. The minimum absolute atomic E-state index is 0.0581. The van der Waals surface area contributed by atoms with Gasteiger partial charge in [-0.2, -0.15) is 0 Å². The van der Waals surface area contributed by atoms with E-state index in [1.165, 1.54) is 45.1 Å². The highest BCUT2D eigenvalue weighted by Gasteiger charge is 2.64. The normalized spacial score (nSPS) is 51.5. The van der Waals surface area contributed by atoms with Gasteiger partial charge in [-0.05, 0) is 106 Å². The molecule has 9 atom stereocenters. The molecular formula is C27H41NO3. The molecule has 1 spiro atoms. The quantitative estimate of drug-likeness (QED) is 0.461. The Bertz CT molecular complexity index is 772. The van der Waals surface area contributed by atoms with Gasteiger partial charge in [-0.15, -0.1) is 0 Å². The second-order valence-corrected chi connectivity index (χ2v) is 12.2. The Morgan fingerprint density at radius 2 is 1.97 bits per heavy atom. The average Bonchev–Trinajstić information content (AvgIpc) is 3.45. The molecule has 4 heteroatoms. The van der Waals surface area contributed by atoms with Crippen molar-refractivity contribution in [1.82, 2.24) is 4.90 Å².